The van der Waals surface area contributed by atoms with Crippen LogP contribution in [0.3, 0.4) is 0 Å². The van der Waals surface area contributed by atoms with E-state index in [1.54, 1.807) is 7.05 Å². The zero-order valence-corrected chi connectivity index (χ0v) is 10.4. The van der Waals surface area contributed by atoms with E-state index in [2.05, 4.69) is 10.6 Å². The van der Waals surface area contributed by atoms with E-state index < -0.39 is 5.41 Å². The summed E-state index contributed by atoms with van der Waals surface area (Å²) in [6.07, 6.45) is 3.63. The van der Waals surface area contributed by atoms with Crippen LogP contribution in [0, 0.1) is 5.41 Å². The van der Waals surface area contributed by atoms with Gasteiger partial charge in [-0.25, -0.2) is 0 Å². The Kier molecular flexibility index (Phi) is 6.36. The number of primary amides is 1. The molecule has 0 bridgehead atoms. The molecule has 1 aliphatic carbocycles. The van der Waals surface area contributed by atoms with Crippen molar-refractivity contribution in [1.82, 2.24) is 10.6 Å². The lowest BCUT2D eigenvalue weighted by molar-refractivity contribution is -0.128. The molecule has 0 aromatic heterocycles. The Morgan fingerprint density at radius 1 is 1.31 bits per heavy atom. The second kappa shape index (κ2) is 6.70. The van der Waals surface area contributed by atoms with E-state index in [0.717, 1.165) is 25.7 Å². The standard InChI is InChI=1S/C10H19N3O2.ClH/c1-12-6-8(14)13-7-10(9(11)15)4-2-3-5-10;/h12H,2-7H2,1H3,(H2,11,15)(H,13,14);1H. The van der Waals surface area contributed by atoms with Gasteiger partial charge in [0.1, 0.15) is 0 Å². The first-order valence-corrected chi connectivity index (χ1v) is 5.32. The molecule has 0 spiro atoms. The van der Waals surface area contributed by atoms with Crippen LogP contribution < -0.4 is 16.4 Å². The van der Waals surface area contributed by atoms with Gasteiger partial charge in [0, 0.05) is 6.54 Å². The number of amides is 2. The number of carbonyl (C=O) groups is 2. The minimum Gasteiger partial charge on any atom is -0.369 e. The summed E-state index contributed by atoms with van der Waals surface area (Å²) < 4.78 is 0. The molecule has 5 nitrogen and oxygen atoms in total. The van der Waals surface area contributed by atoms with Crippen molar-refractivity contribution in [2.45, 2.75) is 25.7 Å². The minimum absolute atomic E-state index is 0. The number of hydrogen-bond donors (Lipinski definition) is 3. The van der Waals surface area contributed by atoms with Crippen molar-refractivity contribution < 1.29 is 9.59 Å². The van der Waals surface area contributed by atoms with Crippen LogP contribution >= 0.6 is 12.4 Å². The summed E-state index contributed by atoms with van der Waals surface area (Å²) in [6, 6.07) is 0. The molecule has 1 fully saturated rings. The maximum Gasteiger partial charge on any atom is 0.233 e. The zero-order valence-electron chi connectivity index (χ0n) is 9.54. The van der Waals surface area contributed by atoms with Gasteiger partial charge in [0.05, 0.1) is 12.0 Å². The Bertz CT molecular complexity index is 252. The Balaban J connectivity index is 0.00000225. The van der Waals surface area contributed by atoms with Gasteiger partial charge in [0.2, 0.25) is 11.8 Å². The van der Waals surface area contributed by atoms with E-state index in [1.807, 2.05) is 0 Å². The second-order valence-corrected chi connectivity index (χ2v) is 4.16. The number of halogens is 1. The van der Waals surface area contributed by atoms with Crippen LogP contribution in [0.15, 0.2) is 0 Å². The Morgan fingerprint density at radius 3 is 2.31 bits per heavy atom. The third kappa shape index (κ3) is 3.64. The largest absolute Gasteiger partial charge is 0.369 e. The quantitative estimate of drug-likeness (QED) is 0.630. The molecule has 1 saturated carbocycles. The molecule has 0 saturated heterocycles. The molecule has 0 aromatic carbocycles. The first kappa shape index (κ1) is 15.2. The van der Waals surface area contributed by atoms with Crippen LogP contribution in [0.1, 0.15) is 25.7 Å². The van der Waals surface area contributed by atoms with Gasteiger partial charge in [0.15, 0.2) is 0 Å². The van der Waals surface area contributed by atoms with Crippen molar-refractivity contribution >= 4 is 24.2 Å². The number of likely N-dealkylation sites (N-methyl/N-ethyl adjacent to an activating group) is 1. The summed E-state index contributed by atoms with van der Waals surface area (Å²) >= 11 is 0. The van der Waals surface area contributed by atoms with E-state index in [4.69, 9.17) is 5.73 Å². The van der Waals surface area contributed by atoms with Crippen LogP contribution in [0.2, 0.25) is 0 Å². The molecule has 0 heterocycles. The highest BCUT2D eigenvalue weighted by atomic mass is 35.5. The Labute approximate surface area is 102 Å². The molecule has 0 unspecified atom stereocenters. The first-order chi connectivity index (χ1) is 7.10. The second-order valence-electron chi connectivity index (χ2n) is 4.16. The minimum atomic E-state index is -0.497. The lowest BCUT2D eigenvalue weighted by Crippen LogP contribution is -2.46. The third-order valence-corrected chi connectivity index (χ3v) is 3.04. The summed E-state index contributed by atoms with van der Waals surface area (Å²) in [4.78, 5) is 22.6. The van der Waals surface area contributed by atoms with E-state index in [9.17, 15) is 9.59 Å². The van der Waals surface area contributed by atoms with Crippen LogP contribution in [0.5, 0.6) is 0 Å². The SMILES string of the molecule is CNCC(=O)NCC1(C(N)=O)CCCC1.Cl. The molecular weight excluding hydrogens is 230 g/mol. The Morgan fingerprint density at radius 2 is 1.88 bits per heavy atom. The molecule has 1 aliphatic rings. The molecule has 0 radical (unpaired) electrons. The van der Waals surface area contributed by atoms with Gasteiger partial charge >= 0.3 is 0 Å². The molecule has 0 atom stereocenters. The lowest BCUT2D eigenvalue weighted by atomic mass is 9.85. The van der Waals surface area contributed by atoms with Gasteiger partial charge in [0.25, 0.3) is 0 Å². The number of nitrogens with one attached hydrogen (secondary N) is 2. The number of hydrogen-bond acceptors (Lipinski definition) is 3. The molecule has 1 rings (SSSR count). The molecule has 94 valence electrons. The first-order valence-electron chi connectivity index (χ1n) is 5.32. The fourth-order valence-corrected chi connectivity index (χ4v) is 2.05. The maximum atomic E-state index is 11.3. The summed E-state index contributed by atoms with van der Waals surface area (Å²) in [5.74, 6) is -0.380. The Hall–Kier alpha value is -0.810. The predicted molar refractivity (Wildman–Crippen MR) is 64.3 cm³/mol. The molecule has 6 heteroatoms. The summed E-state index contributed by atoms with van der Waals surface area (Å²) in [6.45, 7) is 0.650. The summed E-state index contributed by atoms with van der Waals surface area (Å²) in [5, 5.41) is 5.50. The van der Waals surface area contributed by atoms with E-state index in [1.165, 1.54) is 0 Å². The van der Waals surface area contributed by atoms with Crippen molar-refractivity contribution in [2.24, 2.45) is 11.1 Å². The van der Waals surface area contributed by atoms with Crippen LogP contribution in [-0.4, -0.2) is 32.0 Å². The maximum absolute atomic E-state index is 11.3. The van der Waals surface area contributed by atoms with Gasteiger partial charge in [-0.1, -0.05) is 12.8 Å². The fourth-order valence-electron chi connectivity index (χ4n) is 2.05. The predicted octanol–water partition coefficient (Wildman–Crippen LogP) is -0.211. The third-order valence-electron chi connectivity index (χ3n) is 3.04. The fraction of sp³-hybridized carbons (Fsp3) is 0.800. The average molecular weight is 250 g/mol. The average Bonchev–Trinajstić information content (AvgIpc) is 2.65. The van der Waals surface area contributed by atoms with E-state index >= 15 is 0 Å². The van der Waals surface area contributed by atoms with Gasteiger partial charge in [-0.05, 0) is 19.9 Å². The smallest absolute Gasteiger partial charge is 0.233 e. The highest BCUT2D eigenvalue weighted by Gasteiger charge is 2.39. The summed E-state index contributed by atoms with van der Waals surface area (Å²) in [7, 11) is 1.71. The monoisotopic (exact) mass is 249 g/mol. The lowest BCUT2D eigenvalue weighted by Gasteiger charge is -2.25. The van der Waals surface area contributed by atoms with Gasteiger partial charge in [-0.15, -0.1) is 12.4 Å². The number of rotatable bonds is 5. The van der Waals surface area contributed by atoms with E-state index in [0.29, 0.717) is 6.54 Å². The van der Waals surface area contributed by atoms with Gasteiger partial charge < -0.3 is 16.4 Å². The van der Waals surface area contributed by atoms with Crippen molar-refractivity contribution in [3.8, 4) is 0 Å². The molecule has 0 aliphatic heterocycles. The molecule has 0 aromatic rings. The highest BCUT2D eigenvalue weighted by molar-refractivity contribution is 5.85. The van der Waals surface area contributed by atoms with E-state index in [-0.39, 0.29) is 30.8 Å². The van der Waals surface area contributed by atoms with Crippen LogP contribution in [0.25, 0.3) is 0 Å². The number of carbonyl (C=O) groups excluding carboxylic acids is 2. The van der Waals surface area contributed by atoms with Crippen molar-refractivity contribution in [3.05, 3.63) is 0 Å². The van der Waals surface area contributed by atoms with Gasteiger partial charge in [-0.2, -0.15) is 0 Å². The molecule has 2 amide bonds. The number of nitrogens with two attached hydrogens (primary N) is 1. The van der Waals surface area contributed by atoms with Crippen molar-refractivity contribution in [3.63, 3.8) is 0 Å². The van der Waals surface area contributed by atoms with Crippen LogP contribution in [-0.2, 0) is 9.59 Å². The molecule has 4 N–H and O–H groups in total. The zero-order chi connectivity index (χ0) is 11.3. The molecular formula is C10H20ClN3O2. The van der Waals surface area contributed by atoms with Crippen molar-refractivity contribution in [1.29, 1.82) is 0 Å². The van der Waals surface area contributed by atoms with Crippen LogP contribution in [0.4, 0.5) is 0 Å². The van der Waals surface area contributed by atoms with Crippen molar-refractivity contribution in [2.75, 3.05) is 20.1 Å². The van der Waals surface area contributed by atoms with Gasteiger partial charge in [-0.3, -0.25) is 9.59 Å². The summed E-state index contributed by atoms with van der Waals surface area (Å²) in [5.41, 5.74) is 4.89. The normalized spacial score (nSPS) is 17.6. The topological polar surface area (TPSA) is 84.2 Å². The molecule has 16 heavy (non-hydrogen) atoms. The highest BCUT2D eigenvalue weighted by Crippen LogP contribution is 2.37.